The number of imidazole rings is 1. The van der Waals surface area contributed by atoms with Crippen molar-refractivity contribution < 1.29 is 13.5 Å². The first-order chi connectivity index (χ1) is 18.2. The van der Waals surface area contributed by atoms with Crippen LogP contribution >= 0.6 is 0 Å². The topological polar surface area (TPSA) is 99.2 Å². The Morgan fingerprint density at radius 1 is 1.18 bits per heavy atom. The van der Waals surface area contributed by atoms with Gasteiger partial charge in [0.1, 0.15) is 23.8 Å². The third-order valence-electron chi connectivity index (χ3n) is 6.32. The molecule has 0 bridgehead atoms. The van der Waals surface area contributed by atoms with Crippen molar-refractivity contribution in [3.63, 3.8) is 0 Å². The van der Waals surface area contributed by atoms with Gasteiger partial charge >= 0.3 is 5.92 Å². The molecule has 1 aliphatic rings. The van der Waals surface area contributed by atoms with E-state index in [0.717, 1.165) is 11.3 Å². The number of alkyl halides is 2. The molecule has 9 nitrogen and oxygen atoms in total. The summed E-state index contributed by atoms with van der Waals surface area (Å²) in [5.41, 5.74) is 2.81. The van der Waals surface area contributed by atoms with E-state index in [1.807, 2.05) is 19.1 Å². The number of hydrogen-bond acceptors (Lipinski definition) is 7. The molecule has 3 aromatic heterocycles. The van der Waals surface area contributed by atoms with Gasteiger partial charge in [0.05, 0.1) is 19.2 Å². The Morgan fingerprint density at radius 2 is 1.95 bits per heavy atom. The lowest BCUT2D eigenvalue weighted by Gasteiger charge is -2.18. The maximum atomic E-state index is 14.0. The van der Waals surface area contributed by atoms with E-state index >= 15 is 0 Å². The summed E-state index contributed by atoms with van der Waals surface area (Å²) >= 11 is 0. The lowest BCUT2D eigenvalue weighted by Crippen LogP contribution is -2.25. The lowest BCUT2D eigenvalue weighted by atomic mass is 10.1. The number of pyridine rings is 1. The lowest BCUT2D eigenvalue weighted by molar-refractivity contribution is 0.0480. The van der Waals surface area contributed by atoms with Gasteiger partial charge in [0, 0.05) is 42.2 Å². The average Bonchev–Trinajstić information content (AvgIpc) is 3.32. The number of aromatic nitrogens is 5. The molecule has 0 radical (unpaired) electrons. The summed E-state index contributed by atoms with van der Waals surface area (Å²) in [7, 11) is 3.19. The Morgan fingerprint density at radius 3 is 2.66 bits per heavy atom. The van der Waals surface area contributed by atoms with Gasteiger partial charge in [-0.25, -0.2) is 19.9 Å². The fourth-order valence-corrected chi connectivity index (χ4v) is 4.27. The van der Waals surface area contributed by atoms with E-state index in [9.17, 15) is 13.6 Å². The maximum Gasteiger partial charge on any atom is 0.309 e. The third-order valence-corrected chi connectivity index (χ3v) is 6.32. The van der Waals surface area contributed by atoms with E-state index in [4.69, 9.17) is 9.72 Å². The van der Waals surface area contributed by atoms with Gasteiger partial charge in [0.15, 0.2) is 5.82 Å². The molecule has 0 amide bonds. The van der Waals surface area contributed by atoms with Crippen LogP contribution < -0.4 is 10.9 Å². The zero-order chi connectivity index (χ0) is 27.0. The number of nitrogens with one attached hydrogen (secondary N) is 1. The Balaban J connectivity index is 1.50. The van der Waals surface area contributed by atoms with Crippen molar-refractivity contribution in [2.45, 2.75) is 19.4 Å². The Kier molecular flexibility index (Phi) is 6.35. The van der Waals surface area contributed by atoms with Crippen molar-refractivity contribution in [3.05, 3.63) is 94.6 Å². The number of halogens is 2. The highest BCUT2D eigenvalue weighted by atomic mass is 19.3. The molecule has 1 N–H and O–H groups in total. The number of nitrogens with zero attached hydrogens (tertiary/aromatic N) is 6. The Labute approximate surface area is 216 Å². The Hall–Kier alpha value is -4.67. The summed E-state index contributed by atoms with van der Waals surface area (Å²) in [5, 5.41) is 3.86. The van der Waals surface area contributed by atoms with Crippen molar-refractivity contribution in [3.8, 4) is 11.4 Å². The second kappa shape index (κ2) is 9.66. The van der Waals surface area contributed by atoms with Crippen molar-refractivity contribution in [2.75, 3.05) is 13.8 Å². The molecule has 0 saturated heterocycles. The second-order valence-electron chi connectivity index (χ2n) is 8.82. The van der Waals surface area contributed by atoms with Gasteiger partial charge < -0.3 is 14.6 Å². The molecule has 11 heteroatoms. The monoisotopic (exact) mass is 517 g/mol. The standard InChI is InChI=1S/C27H25F2N7O2/c1-5-27(28,29)20-14-35(3)24(33-20)18-8-6-17(7-9-18)13-36-21(37)11-10-19-12-30-23(34-25(19)36)22-16(2)31-15-32-26(22)38-4/h5-12,14,31H,1,13,15H2,2-4H3. The molecule has 1 aromatic carbocycles. The summed E-state index contributed by atoms with van der Waals surface area (Å²) in [6, 6.07) is 10.4. The van der Waals surface area contributed by atoms with Crippen LogP contribution in [0.25, 0.3) is 28.0 Å². The number of fused-ring (bicyclic) bond motifs is 1. The van der Waals surface area contributed by atoms with Gasteiger partial charge in [-0.15, -0.1) is 0 Å². The first-order valence-electron chi connectivity index (χ1n) is 11.8. The van der Waals surface area contributed by atoms with E-state index in [0.29, 0.717) is 52.5 Å². The largest absolute Gasteiger partial charge is 0.481 e. The molecule has 0 aliphatic carbocycles. The fraction of sp³-hybridized carbons (Fsp3) is 0.222. The van der Waals surface area contributed by atoms with Gasteiger partial charge in [0.25, 0.3) is 5.56 Å². The summed E-state index contributed by atoms with van der Waals surface area (Å²) in [4.78, 5) is 30.5. The van der Waals surface area contributed by atoms with E-state index in [1.54, 1.807) is 40.6 Å². The summed E-state index contributed by atoms with van der Waals surface area (Å²) in [6.07, 6.45) is 3.53. The molecule has 194 valence electrons. The number of allylic oxidation sites excluding steroid dienone is 2. The van der Waals surface area contributed by atoms with Crippen LogP contribution in [-0.4, -0.2) is 43.8 Å². The number of aliphatic imine (C=N–C) groups is 1. The van der Waals surface area contributed by atoms with E-state index < -0.39 is 5.92 Å². The minimum absolute atomic E-state index is 0.222. The van der Waals surface area contributed by atoms with Crippen LogP contribution in [-0.2, 0) is 24.3 Å². The highest BCUT2D eigenvalue weighted by molar-refractivity contribution is 6.19. The van der Waals surface area contributed by atoms with Crippen LogP contribution in [0, 0.1) is 0 Å². The minimum atomic E-state index is -3.22. The van der Waals surface area contributed by atoms with Crippen molar-refractivity contribution in [2.24, 2.45) is 12.0 Å². The van der Waals surface area contributed by atoms with Gasteiger partial charge in [0.2, 0.25) is 5.90 Å². The van der Waals surface area contributed by atoms with Crippen molar-refractivity contribution >= 4 is 22.5 Å². The molecule has 0 fully saturated rings. The molecule has 4 aromatic rings. The molecule has 38 heavy (non-hydrogen) atoms. The zero-order valence-corrected chi connectivity index (χ0v) is 21.1. The first kappa shape index (κ1) is 25.0. The van der Waals surface area contributed by atoms with Crippen LogP contribution in [0.15, 0.2) is 76.9 Å². The summed E-state index contributed by atoms with van der Waals surface area (Å²) in [6.45, 7) is 5.72. The van der Waals surface area contributed by atoms with E-state index in [-0.39, 0.29) is 17.8 Å². The predicted octanol–water partition coefficient (Wildman–Crippen LogP) is 3.85. The number of ether oxygens (including phenoxy) is 1. The average molecular weight is 518 g/mol. The fourth-order valence-electron chi connectivity index (χ4n) is 4.27. The molecule has 0 atom stereocenters. The van der Waals surface area contributed by atoms with Gasteiger partial charge in [-0.3, -0.25) is 9.36 Å². The molecule has 0 spiro atoms. The predicted molar refractivity (Wildman–Crippen MR) is 141 cm³/mol. The number of methoxy groups -OCH3 is 1. The smallest absolute Gasteiger partial charge is 0.309 e. The number of rotatable bonds is 6. The quantitative estimate of drug-likeness (QED) is 0.390. The number of hydrogen-bond donors (Lipinski definition) is 1. The number of benzene rings is 1. The SMILES string of the molecule is C=CC(F)(F)c1cn(C)c(-c2ccc(Cn3c(=O)ccc4cnc(C5=C(C)NCN=C5OC)nc43)cc2)n1. The summed E-state index contributed by atoms with van der Waals surface area (Å²) in [5.74, 6) is -2.01. The Bertz CT molecular complexity index is 1670. The van der Waals surface area contributed by atoms with Crippen LogP contribution in [0.4, 0.5) is 8.78 Å². The van der Waals surface area contributed by atoms with Gasteiger partial charge in [-0.1, -0.05) is 30.8 Å². The molecule has 0 unspecified atom stereocenters. The number of aryl methyl sites for hydroxylation is 1. The highest BCUT2D eigenvalue weighted by Gasteiger charge is 2.31. The van der Waals surface area contributed by atoms with Crippen LogP contribution in [0.5, 0.6) is 0 Å². The van der Waals surface area contributed by atoms with Crippen LogP contribution in [0.3, 0.4) is 0 Å². The molecular weight excluding hydrogens is 492 g/mol. The van der Waals surface area contributed by atoms with Crippen molar-refractivity contribution in [1.82, 2.24) is 29.4 Å². The molecule has 4 heterocycles. The van der Waals surface area contributed by atoms with Gasteiger partial charge in [-0.2, -0.15) is 8.78 Å². The zero-order valence-electron chi connectivity index (χ0n) is 21.1. The molecule has 1 aliphatic heterocycles. The highest BCUT2D eigenvalue weighted by Crippen LogP contribution is 2.30. The third kappa shape index (κ3) is 4.47. The van der Waals surface area contributed by atoms with Crippen molar-refractivity contribution in [1.29, 1.82) is 0 Å². The molecule has 5 rings (SSSR count). The summed E-state index contributed by atoms with van der Waals surface area (Å²) < 4.78 is 36.6. The second-order valence-corrected chi connectivity index (χ2v) is 8.82. The van der Waals surface area contributed by atoms with Gasteiger partial charge in [-0.05, 0) is 24.6 Å². The molecular formula is C27H25F2N7O2. The first-order valence-corrected chi connectivity index (χ1v) is 11.8. The normalized spacial score (nSPS) is 13.9. The van der Waals surface area contributed by atoms with E-state index in [2.05, 4.69) is 26.9 Å². The maximum absolute atomic E-state index is 14.0. The molecule has 0 saturated carbocycles. The van der Waals surface area contributed by atoms with Crippen LogP contribution in [0.1, 0.15) is 24.0 Å². The van der Waals surface area contributed by atoms with E-state index in [1.165, 1.54) is 19.4 Å². The minimum Gasteiger partial charge on any atom is -0.481 e. The van der Waals surface area contributed by atoms with Crippen LogP contribution in [0.2, 0.25) is 0 Å².